The molecule has 3 heterocycles. The molecule has 0 radical (unpaired) electrons. The van der Waals surface area contributed by atoms with Crippen molar-refractivity contribution in [3.63, 3.8) is 0 Å². The van der Waals surface area contributed by atoms with Crippen molar-refractivity contribution in [1.29, 1.82) is 5.26 Å². The van der Waals surface area contributed by atoms with Crippen molar-refractivity contribution in [1.82, 2.24) is 20.1 Å². The molecule has 3 atom stereocenters. The fraction of sp³-hybridized carbons (Fsp3) is 0.393. The Balaban J connectivity index is 1.21. The number of carbonyl (C=O) groups is 2. The molecule has 0 spiro atoms. The minimum absolute atomic E-state index is 0.0450. The topological polar surface area (TPSA) is 104 Å². The van der Waals surface area contributed by atoms with E-state index in [0.29, 0.717) is 17.7 Å². The number of amides is 2. The number of nitrogens with one attached hydrogen (secondary N) is 1. The molecule has 1 aliphatic carbocycles. The molecule has 2 unspecified atom stereocenters. The number of anilines is 1. The summed E-state index contributed by atoms with van der Waals surface area (Å²) in [5, 5.41) is 17.8. The second-order valence-corrected chi connectivity index (χ2v) is 10.9. The Kier molecular flexibility index (Phi) is 6.83. The molecule has 2 aromatic heterocycles. The summed E-state index contributed by atoms with van der Waals surface area (Å²) in [6.07, 6.45) is 7.56. The Morgan fingerprint density at radius 1 is 1.27 bits per heavy atom. The van der Waals surface area contributed by atoms with E-state index < -0.39 is 0 Å². The summed E-state index contributed by atoms with van der Waals surface area (Å²) in [5.41, 5.74) is 5.05. The van der Waals surface area contributed by atoms with Crippen molar-refractivity contribution < 1.29 is 9.59 Å². The van der Waals surface area contributed by atoms with Crippen molar-refractivity contribution in [2.75, 3.05) is 11.4 Å². The Morgan fingerprint density at radius 3 is 2.73 bits per heavy atom. The highest BCUT2D eigenvalue weighted by atomic mass is 31.0. The number of nitrogens with zero attached hydrogens (tertiary/aromatic N) is 5. The monoisotopic (exact) mass is 514 g/mol. The summed E-state index contributed by atoms with van der Waals surface area (Å²) < 4.78 is 1.74. The average molecular weight is 515 g/mol. The van der Waals surface area contributed by atoms with E-state index >= 15 is 0 Å². The van der Waals surface area contributed by atoms with Gasteiger partial charge >= 0.3 is 0 Å². The van der Waals surface area contributed by atoms with Crippen molar-refractivity contribution in [3.8, 4) is 6.07 Å². The molecule has 5 rings (SSSR count). The molecule has 2 aliphatic rings. The number of benzene rings is 1. The first-order valence-corrected chi connectivity index (χ1v) is 13.2. The van der Waals surface area contributed by atoms with Crippen molar-refractivity contribution >= 4 is 32.0 Å². The molecule has 9 heteroatoms. The molecule has 0 bridgehead atoms. The average Bonchev–Trinajstić information content (AvgIpc) is 3.48. The molecular formula is C28H31N6O2P. The summed E-state index contributed by atoms with van der Waals surface area (Å²) in [5.74, 6) is 0.319. The highest BCUT2D eigenvalue weighted by Gasteiger charge is 2.33. The number of nitriles is 1. The van der Waals surface area contributed by atoms with Gasteiger partial charge in [0.2, 0.25) is 5.91 Å². The lowest BCUT2D eigenvalue weighted by atomic mass is 9.74. The molecule has 1 N–H and O–H groups in total. The molecule has 1 saturated carbocycles. The number of aryl methyl sites for hydroxylation is 1. The highest BCUT2D eigenvalue weighted by Crippen LogP contribution is 2.39. The zero-order valence-corrected chi connectivity index (χ0v) is 22.5. The maximum Gasteiger partial charge on any atom is 0.254 e. The standard InChI is InChI=1S/C28H31N6O2P/c1-16-4-5-19(12-29)24(8-16)20-9-22(10-20)32-27(35)21-13-31-34(15-21)18(3)26-25(37)11-23(14-30-26)33-7-6-17(2)28(33)36/h4-5,8,11,13-15,17-18,20,22H,6-7,9-10,37H2,1-3H3,(H,32,35)/t17-,18?,20?,22?/m0/s1. The third kappa shape index (κ3) is 4.89. The molecule has 8 nitrogen and oxygen atoms in total. The largest absolute Gasteiger partial charge is 0.349 e. The van der Waals surface area contributed by atoms with Gasteiger partial charge in [-0.25, -0.2) is 0 Å². The lowest BCUT2D eigenvalue weighted by Crippen LogP contribution is -2.43. The predicted molar refractivity (Wildman–Crippen MR) is 145 cm³/mol. The van der Waals surface area contributed by atoms with E-state index in [0.717, 1.165) is 47.1 Å². The van der Waals surface area contributed by atoms with Crippen molar-refractivity contribution in [3.05, 3.63) is 70.8 Å². The van der Waals surface area contributed by atoms with E-state index in [9.17, 15) is 14.9 Å². The van der Waals surface area contributed by atoms with Crippen LogP contribution in [0, 0.1) is 24.2 Å². The van der Waals surface area contributed by atoms with Gasteiger partial charge in [-0.2, -0.15) is 10.4 Å². The van der Waals surface area contributed by atoms with Gasteiger partial charge in [-0.1, -0.05) is 24.6 Å². The number of carbonyl (C=O) groups excluding carboxylic acids is 2. The maximum absolute atomic E-state index is 12.9. The molecule has 1 saturated heterocycles. The smallest absolute Gasteiger partial charge is 0.254 e. The Morgan fingerprint density at radius 2 is 2.05 bits per heavy atom. The lowest BCUT2D eigenvalue weighted by molar-refractivity contribution is -0.119. The van der Waals surface area contributed by atoms with Crippen LogP contribution in [0.25, 0.3) is 0 Å². The summed E-state index contributed by atoms with van der Waals surface area (Å²) in [6, 6.07) is 10.1. The molecule has 2 amide bonds. The van der Waals surface area contributed by atoms with Crippen LogP contribution in [-0.4, -0.2) is 39.2 Å². The second kappa shape index (κ2) is 10.1. The van der Waals surface area contributed by atoms with Crippen LogP contribution in [0.5, 0.6) is 0 Å². The van der Waals surface area contributed by atoms with Crippen LogP contribution in [0.4, 0.5) is 5.69 Å². The van der Waals surface area contributed by atoms with Gasteiger partial charge in [0.15, 0.2) is 0 Å². The molecule has 190 valence electrons. The quantitative estimate of drug-likeness (QED) is 0.506. The van der Waals surface area contributed by atoms with Crippen LogP contribution in [0.3, 0.4) is 0 Å². The van der Waals surface area contributed by atoms with Gasteiger partial charge in [0.1, 0.15) is 0 Å². The third-order valence-electron chi connectivity index (χ3n) is 7.62. The van der Waals surface area contributed by atoms with Crippen LogP contribution in [-0.2, 0) is 4.79 Å². The van der Waals surface area contributed by atoms with Crippen molar-refractivity contribution in [2.45, 2.75) is 58.0 Å². The van der Waals surface area contributed by atoms with Gasteiger partial charge in [-0.15, -0.1) is 9.24 Å². The number of aromatic nitrogens is 3. The zero-order chi connectivity index (χ0) is 26.3. The van der Waals surface area contributed by atoms with E-state index in [1.165, 1.54) is 0 Å². The van der Waals surface area contributed by atoms with Crippen molar-refractivity contribution in [2.24, 2.45) is 5.92 Å². The fourth-order valence-electron chi connectivity index (χ4n) is 5.23. The second-order valence-electron chi connectivity index (χ2n) is 10.3. The van der Waals surface area contributed by atoms with E-state index in [2.05, 4.69) is 36.8 Å². The Labute approximate surface area is 219 Å². The zero-order valence-electron chi connectivity index (χ0n) is 21.3. The molecule has 1 aromatic carbocycles. The number of hydrogen-bond donors (Lipinski definition) is 1. The predicted octanol–water partition coefficient (Wildman–Crippen LogP) is 3.62. The first kappa shape index (κ1) is 25.1. The van der Waals surface area contributed by atoms with E-state index in [4.69, 9.17) is 0 Å². The molecule has 1 aliphatic heterocycles. The number of hydrogen-bond acceptors (Lipinski definition) is 5. The van der Waals surface area contributed by atoms with Crippen LogP contribution >= 0.6 is 9.24 Å². The van der Waals surface area contributed by atoms with Crippen LogP contribution < -0.4 is 15.5 Å². The van der Waals surface area contributed by atoms with Gasteiger partial charge in [-0.05, 0) is 62.0 Å². The summed E-state index contributed by atoms with van der Waals surface area (Å²) in [7, 11) is 2.71. The van der Waals surface area contributed by atoms with Gasteiger partial charge in [0.25, 0.3) is 5.91 Å². The van der Waals surface area contributed by atoms with Crippen LogP contribution in [0.1, 0.15) is 77.8 Å². The van der Waals surface area contributed by atoms with Gasteiger partial charge in [0, 0.05) is 24.7 Å². The minimum atomic E-state index is -0.185. The molecule has 37 heavy (non-hydrogen) atoms. The third-order valence-corrected chi connectivity index (χ3v) is 8.08. The van der Waals surface area contributed by atoms with Gasteiger partial charge in [0.05, 0.1) is 47.0 Å². The Bertz CT molecular complexity index is 1400. The van der Waals surface area contributed by atoms with Crippen LogP contribution in [0.2, 0.25) is 0 Å². The summed E-state index contributed by atoms with van der Waals surface area (Å²) in [4.78, 5) is 31.7. The van der Waals surface area contributed by atoms with Gasteiger partial charge < -0.3 is 10.2 Å². The highest BCUT2D eigenvalue weighted by molar-refractivity contribution is 7.27. The minimum Gasteiger partial charge on any atom is -0.349 e. The maximum atomic E-state index is 12.9. The first-order valence-electron chi connectivity index (χ1n) is 12.7. The normalized spacial score (nSPS) is 21.9. The van der Waals surface area contributed by atoms with Gasteiger partial charge in [-0.3, -0.25) is 19.3 Å². The van der Waals surface area contributed by atoms with E-state index in [1.54, 1.807) is 28.2 Å². The first-order chi connectivity index (χ1) is 17.7. The Hall–Kier alpha value is -3.56. The molecular weight excluding hydrogens is 483 g/mol. The molecule has 2 fully saturated rings. The fourth-order valence-corrected chi connectivity index (χ4v) is 5.72. The summed E-state index contributed by atoms with van der Waals surface area (Å²) >= 11 is 0. The lowest BCUT2D eigenvalue weighted by Gasteiger charge is -2.36. The number of rotatable bonds is 6. The number of pyridine rings is 1. The van der Waals surface area contributed by atoms with E-state index in [1.807, 2.05) is 39.0 Å². The summed E-state index contributed by atoms with van der Waals surface area (Å²) in [6.45, 7) is 6.68. The van der Waals surface area contributed by atoms with E-state index in [-0.39, 0.29) is 35.7 Å². The van der Waals surface area contributed by atoms with Crippen LogP contribution in [0.15, 0.2) is 42.9 Å². The SMILES string of the molecule is Cc1ccc(C#N)c(C2CC(NC(=O)c3cnn(C(C)c4ncc(N5CC[C@H](C)C5=O)cc4P)c3)C2)c1. The molecule has 3 aromatic rings.